The number of nitrogens with zero attached hydrogens (tertiary/aromatic N) is 3. The molecule has 0 saturated carbocycles. The molecule has 6 heteroatoms. The third kappa shape index (κ3) is 2.74. The SMILES string of the molecule is Cc1noc(C)c1C(C)Nc1ncc(I)cn1. The number of aryl methyl sites for hydroxylation is 2. The first-order valence-corrected chi connectivity index (χ1v) is 6.32. The molecule has 90 valence electrons. The second kappa shape index (κ2) is 4.99. The van der Waals surface area contributed by atoms with Crippen molar-refractivity contribution in [1.82, 2.24) is 15.1 Å². The van der Waals surface area contributed by atoms with E-state index in [-0.39, 0.29) is 6.04 Å². The molecule has 1 unspecified atom stereocenters. The topological polar surface area (TPSA) is 63.8 Å². The molecule has 0 radical (unpaired) electrons. The van der Waals surface area contributed by atoms with Gasteiger partial charge in [0, 0.05) is 21.5 Å². The molecule has 0 amide bonds. The van der Waals surface area contributed by atoms with Crippen LogP contribution in [0.5, 0.6) is 0 Å². The van der Waals surface area contributed by atoms with Gasteiger partial charge in [0.1, 0.15) is 5.76 Å². The molecule has 0 fully saturated rings. The molecule has 1 N–H and O–H groups in total. The lowest BCUT2D eigenvalue weighted by molar-refractivity contribution is 0.392. The van der Waals surface area contributed by atoms with Crippen molar-refractivity contribution in [3.8, 4) is 0 Å². The lowest BCUT2D eigenvalue weighted by Crippen LogP contribution is -2.10. The zero-order valence-corrected chi connectivity index (χ0v) is 12.0. The van der Waals surface area contributed by atoms with Crippen molar-refractivity contribution in [3.63, 3.8) is 0 Å². The minimum absolute atomic E-state index is 0.0707. The third-order valence-corrected chi connectivity index (χ3v) is 3.04. The van der Waals surface area contributed by atoms with Crippen LogP contribution in [0.4, 0.5) is 5.95 Å². The molecule has 1 atom stereocenters. The van der Waals surface area contributed by atoms with Crippen molar-refractivity contribution in [2.45, 2.75) is 26.8 Å². The normalized spacial score (nSPS) is 12.5. The zero-order valence-electron chi connectivity index (χ0n) is 9.86. The first-order chi connectivity index (χ1) is 8.08. The lowest BCUT2D eigenvalue weighted by atomic mass is 10.1. The fraction of sp³-hybridized carbons (Fsp3) is 0.364. The first-order valence-electron chi connectivity index (χ1n) is 5.24. The summed E-state index contributed by atoms with van der Waals surface area (Å²) in [6, 6.07) is 0.0707. The molecule has 0 aliphatic rings. The van der Waals surface area contributed by atoms with Crippen LogP contribution >= 0.6 is 22.6 Å². The summed E-state index contributed by atoms with van der Waals surface area (Å²) >= 11 is 2.17. The number of nitrogens with one attached hydrogen (secondary N) is 1. The fourth-order valence-electron chi connectivity index (χ4n) is 1.76. The van der Waals surface area contributed by atoms with E-state index in [1.807, 2.05) is 20.8 Å². The average Bonchev–Trinajstić information content (AvgIpc) is 2.62. The lowest BCUT2D eigenvalue weighted by Gasteiger charge is -2.13. The Morgan fingerprint density at radius 3 is 2.47 bits per heavy atom. The molecule has 2 aromatic rings. The molecule has 0 saturated heterocycles. The maximum atomic E-state index is 5.14. The van der Waals surface area contributed by atoms with Crippen LogP contribution in [0.3, 0.4) is 0 Å². The van der Waals surface area contributed by atoms with Crippen molar-refractivity contribution < 1.29 is 4.52 Å². The molecule has 0 bridgehead atoms. The van der Waals surface area contributed by atoms with Crippen LogP contribution in [-0.4, -0.2) is 15.1 Å². The number of halogens is 1. The summed E-state index contributed by atoms with van der Waals surface area (Å²) in [6.45, 7) is 5.87. The predicted molar refractivity (Wildman–Crippen MR) is 72.8 cm³/mol. The standard InChI is InChI=1S/C11H13IN4O/c1-6(10-7(2)16-17-8(10)3)15-11-13-4-9(12)5-14-11/h4-6H,1-3H3,(H,13,14,15). The highest BCUT2D eigenvalue weighted by molar-refractivity contribution is 14.1. The second-order valence-electron chi connectivity index (χ2n) is 3.83. The van der Waals surface area contributed by atoms with Gasteiger partial charge in [-0.1, -0.05) is 5.16 Å². The first kappa shape index (κ1) is 12.3. The molecule has 0 aromatic carbocycles. The summed E-state index contributed by atoms with van der Waals surface area (Å²) in [4.78, 5) is 8.41. The Balaban J connectivity index is 2.17. The van der Waals surface area contributed by atoms with Crippen molar-refractivity contribution in [2.24, 2.45) is 0 Å². The fourth-order valence-corrected chi connectivity index (χ4v) is 2.04. The quantitative estimate of drug-likeness (QED) is 0.868. The van der Waals surface area contributed by atoms with E-state index in [1.54, 1.807) is 12.4 Å². The molecule has 5 nitrogen and oxygen atoms in total. The molecule has 2 rings (SSSR count). The van der Waals surface area contributed by atoms with E-state index in [2.05, 4.69) is 43.0 Å². The highest BCUT2D eigenvalue weighted by Gasteiger charge is 2.16. The third-order valence-electron chi connectivity index (χ3n) is 2.49. The Hall–Kier alpha value is -1.18. The van der Waals surface area contributed by atoms with Crippen LogP contribution in [0.2, 0.25) is 0 Å². The van der Waals surface area contributed by atoms with Gasteiger partial charge in [0.2, 0.25) is 5.95 Å². The molecule has 2 heterocycles. The van der Waals surface area contributed by atoms with Gasteiger partial charge in [-0.05, 0) is 43.4 Å². The van der Waals surface area contributed by atoms with E-state index in [9.17, 15) is 0 Å². The summed E-state index contributed by atoms with van der Waals surface area (Å²) in [7, 11) is 0. The van der Waals surface area contributed by atoms with E-state index >= 15 is 0 Å². The molecular weight excluding hydrogens is 331 g/mol. The van der Waals surface area contributed by atoms with Crippen LogP contribution in [-0.2, 0) is 0 Å². The summed E-state index contributed by atoms with van der Waals surface area (Å²) < 4.78 is 6.15. The summed E-state index contributed by atoms with van der Waals surface area (Å²) in [5, 5.41) is 7.16. The smallest absolute Gasteiger partial charge is 0.223 e. The number of aromatic nitrogens is 3. The van der Waals surface area contributed by atoms with Crippen LogP contribution < -0.4 is 5.32 Å². The average molecular weight is 344 g/mol. The second-order valence-corrected chi connectivity index (χ2v) is 5.07. The van der Waals surface area contributed by atoms with E-state index in [4.69, 9.17) is 4.52 Å². The van der Waals surface area contributed by atoms with Gasteiger partial charge in [-0.15, -0.1) is 0 Å². The van der Waals surface area contributed by atoms with Crippen molar-refractivity contribution in [3.05, 3.63) is 33.0 Å². The van der Waals surface area contributed by atoms with E-state index < -0.39 is 0 Å². The Bertz CT molecular complexity index is 489. The van der Waals surface area contributed by atoms with Crippen LogP contribution in [0.1, 0.15) is 30.0 Å². The Morgan fingerprint density at radius 1 is 1.29 bits per heavy atom. The monoisotopic (exact) mass is 344 g/mol. The summed E-state index contributed by atoms with van der Waals surface area (Å²) in [5.74, 6) is 1.44. The molecule has 0 aliphatic heterocycles. The van der Waals surface area contributed by atoms with Gasteiger partial charge < -0.3 is 9.84 Å². The predicted octanol–water partition coefficient (Wildman–Crippen LogP) is 2.86. The van der Waals surface area contributed by atoms with E-state index in [0.717, 1.165) is 20.6 Å². The molecule has 2 aromatic heterocycles. The van der Waals surface area contributed by atoms with Crippen molar-refractivity contribution in [1.29, 1.82) is 0 Å². The minimum atomic E-state index is 0.0707. The molecule has 0 spiro atoms. The van der Waals surface area contributed by atoms with Gasteiger partial charge >= 0.3 is 0 Å². The van der Waals surface area contributed by atoms with Crippen LogP contribution in [0.25, 0.3) is 0 Å². The van der Waals surface area contributed by atoms with Crippen molar-refractivity contribution in [2.75, 3.05) is 5.32 Å². The van der Waals surface area contributed by atoms with Gasteiger partial charge in [-0.2, -0.15) is 0 Å². The Kier molecular flexibility index (Phi) is 3.60. The van der Waals surface area contributed by atoms with Gasteiger partial charge in [0.05, 0.1) is 11.7 Å². The molecule has 17 heavy (non-hydrogen) atoms. The maximum Gasteiger partial charge on any atom is 0.223 e. The minimum Gasteiger partial charge on any atom is -0.361 e. The highest BCUT2D eigenvalue weighted by Crippen LogP contribution is 2.23. The van der Waals surface area contributed by atoms with Crippen molar-refractivity contribution >= 4 is 28.5 Å². The molecule has 0 aliphatic carbocycles. The number of hydrogen-bond donors (Lipinski definition) is 1. The van der Waals surface area contributed by atoms with Gasteiger partial charge in [-0.3, -0.25) is 0 Å². The maximum absolute atomic E-state index is 5.14. The highest BCUT2D eigenvalue weighted by atomic mass is 127. The Labute approximate surface area is 113 Å². The van der Waals surface area contributed by atoms with Crippen LogP contribution in [0.15, 0.2) is 16.9 Å². The number of anilines is 1. The number of hydrogen-bond acceptors (Lipinski definition) is 5. The van der Waals surface area contributed by atoms with Gasteiger partial charge in [-0.25, -0.2) is 9.97 Å². The summed E-state index contributed by atoms with van der Waals surface area (Å²) in [6.07, 6.45) is 3.55. The summed E-state index contributed by atoms with van der Waals surface area (Å²) in [5.41, 5.74) is 1.96. The van der Waals surface area contributed by atoms with E-state index in [0.29, 0.717) is 5.95 Å². The largest absolute Gasteiger partial charge is 0.361 e. The van der Waals surface area contributed by atoms with Gasteiger partial charge in [0.25, 0.3) is 0 Å². The van der Waals surface area contributed by atoms with E-state index in [1.165, 1.54) is 0 Å². The number of rotatable bonds is 3. The molecular formula is C11H13IN4O. The van der Waals surface area contributed by atoms with Gasteiger partial charge in [0.15, 0.2) is 0 Å². The van der Waals surface area contributed by atoms with Crippen LogP contribution in [0, 0.1) is 17.4 Å². The Morgan fingerprint density at radius 2 is 1.94 bits per heavy atom. The zero-order chi connectivity index (χ0) is 12.4.